The minimum absolute atomic E-state index is 0.468. The summed E-state index contributed by atoms with van der Waals surface area (Å²) in [5, 5.41) is 1.57. The van der Waals surface area contributed by atoms with Crippen LogP contribution in [0, 0.1) is 0 Å². The zero-order valence-electron chi connectivity index (χ0n) is 20.0. The summed E-state index contributed by atoms with van der Waals surface area (Å²) in [6.45, 7) is 6.57. The Labute approximate surface area is 204 Å². The van der Waals surface area contributed by atoms with Gasteiger partial charge < -0.3 is 28.8 Å². The number of likely N-dealkylation sites (N-methyl/N-ethyl adjacent to an activating group) is 1. The number of nitrogens with zero attached hydrogens (tertiary/aromatic N) is 5. The molecule has 0 spiro atoms. The average Bonchev–Trinajstić information content (AvgIpc) is 3.36. The van der Waals surface area contributed by atoms with Crippen LogP contribution in [0.5, 0.6) is 11.6 Å². The third kappa shape index (κ3) is 4.45. The molecule has 180 valence electrons. The van der Waals surface area contributed by atoms with Crippen molar-refractivity contribution in [2.24, 2.45) is 0 Å². The molecule has 0 saturated carbocycles. The molecule has 4 aromatic heterocycles. The van der Waals surface area contributed by atoms with Crippen LogP contribution in [0.4, 0.5) is 0 Å². The Morgan fingerprint density at radius 3 is 2.76 bits per heavy atom. The molecule has 1 aliphatic rings. The summed E-state index contributed by atoms with van der Waals surface area (Å²) < 4.78 is 13.3. The van der Waals surface area contributed by atoms with Gasteiger partial charge >= 0.3 is 0 Å². The van der Waals surface area contributed by atoms with Gasteiger partial charge in [0.1, 0.15) is 11.2 Å². The largest absolute Gasteiger partial charge is 0.491 e. The second kappa shape index (κ2) is 9.82. The molecular weight excluding hydrogens is 452 g/mol. The first kappa shape index (κ1) is 23.0. The number of ether oxygens (including phenoxy) is 2. The van der Waals surface area contributed by atoms with Crippen LogP contribution in [-0.2, 0) is 6.54 Å². The summed E-state index contributed by atoms with van der Waals surface area (Å²) in [4.78, 5) is 17.6. The number of fused-ring (bicyclic) bond motifs is 2. The fourth-order valence-corrected chi connectivity index (χ4v) is 4.97. The van der Waals surface area contributed by atoms with Crippen LogP contribution in [-0.4, -0.2) is 83.3 Å². The topological polar surface area (TPSA) is 71.4 Å². The second-order valence-electron chi connectivity index (χ2n) is 8.89. The van der Waals surface area contributed by atoms with Gasteiger partial charge in [0.2, 0.25) is 0 Å². The lowest BCUT2D eigenvalue weighted by atomic mass is 10.2. The molecule has 9 heteroatoms. The molecule has 1 aliphatic heterocycles. The van der Waals surface area contributed by atoms with E-state index < -0.39 is 0 Å². The van der Waals surface area contributed by atoms with Crippen LogP contribution in [0.25, 0.3) is 33.3 Å². The predicted octanol–water partition coefficient (Wildman–Crippen LogP) is 4.28. The van der Waals surface area contributed by atoms with Gasteiger partial charge in [-0.25, -0.2) is 9.97 Å². The monoisotopic (exact) mass is 482 g/mol. The van der Waals surface area contributed by atoms with Gasteiger partial charge in [0.15, 0.2) is 5.75 Å². The van der Waals surface area contributed by atoms with Gasteiger partial charge in [-0.2, -0.15) is 0 Å². The average molecular weight is 483 g/mol. The summed E-state index contributed by atoms with van der Waals surface area (Å²) in [6.07, 6.45) is 6.15. The van der Waals surface area contributed by atoms with Gasteiger partial charge in [0, 0.05) is 49.0 Å². The number of pyridine rings is 2. The smallest absolute Gasteiger partial charge is 0.257 e. The summed E-state index contributed by atoms with van der Waals surface area (Å²) in [5.41, 5.74) is 4.55. The molecule has 1 saturated heterocycles. The molecular formula is C25H31ClN6O2. The molecule has 0 amide bonds. The zero-order valence-corrected chi connectivity index (χ0v) is 20.7. The van der Waals surface area contributed by atoms with Crippen molar-refractivity contribution in [3.63, 3.8) is 0 Å². The third-order valence-electron chi connectivity index (χ3n) is 6.65. The lowest BCUT2D eigenvalue weighted by Crippen LogP contribution is -2.30. The van der Waals surface area contributed by atoms with E-state index in [1.54, 1.807) is 26.5 Å². The van der Waals surface area contributed by atoms with Crippen LogP contribution in [0.3, 0.4) is 0 Å². The maximum Gasteiger partial charge on any atom is 0.257 e. The minimum atomic E-state index is 0.468. The van der Waals surface area contributed by atoms with Crippen LogP contribution in [0.15, 0.2) is 30.6 Å². The van der Waals surface area contributed by atoms with Gasteiger partial charge in [0.25, 0.3) is 5.88 Å². The molecule has 0 atom stereocenters. The number of aromatic nitrogens is 4. The number of nitrogens with one attached hydrogen (secondary N) is 1. The van der Waals surface area contributed by atoms with Gasteiger partial charge in [-0.1, -0.05) is 11.6 Å². The van der Waals surface area contributed by atoms with Gasteiger partial charge in [-0.15, -0.1) is 0 Å². The van der Waals surface area contributed by atoms with E-state index in [0.717, 1.165) is 72.5 Å². The molecule has 0 aliphatic carbocycles. The van der Waals surface area contributed by atoms with Crippen molar-refractivity contribution in [3.8, 4) is 22.9 Å². The molecule has 1 N–H and O–H groups in total. The summed E-state index contributed by atoms with van der Waals surface area (Å²) in [5.74, 6) is 1.09. The number of aryl methyl sites for hydroxylation is 1. The zero-order chi connectivity index (χ0) is 23.7. The highest BCUT2D eigenvalue weighted by atomic mass is 35.5. The van der Waals surface area contributed by atoms with E-state index in [4.69, 9.17) is 26.1 Å². The van der Waals surface area contributed by atoms with Crippen molar-refractivity contribution >= 4 is 33.7 Å². The van der Waals surface area contributed by atoms with Crippen molar-refractivity contribution in [2.75, 3.05) is 54.0 Å². The summed E-state index contributed by atoms with van der Waals surface area (Å²) in [7, 11) is 5.46. The first-order valence-electron chi connectivity index (χ1n) is 11.7. The van der Waals surface area contributed by atoms with Crippen molar-refractivity contribution in [2.45, 2.75) is 19.4 Å². The maximum absolute atomic E-state index is 6.41. The molecule has 0 radical (unpaired) electrons. The molecule has 8 nitrogen and oxygen atoms in total. The third-order valence-corrected chi connectivity index (χ3v) is 6.98. The normalized spacial score (nSPS) is 15.8. The highest BCUT2D eigenvalue weighted by Crippen LogP contribution is 2.37. The first-order valence-corrected chi connectivity index (χ1v) is 12.1. The number of hydrogen-bond donors (Lipinski definition) is 1. The Balaban J connectivity index is 1.49. The number of rotatable bonds is 7. The highest BCUT2D eigenvalue weighted by Gasteiger charge is 2.19. The number of aromatic amines is 1. The van der Waals surface area contributed by atoms with E-state index >= 15 is 0 Å². The van der Waals surface area contributed by atoms with Crippen molar-refractivity contribution in [3.05, 3.63) is 35.6 Å². The fraction of sp³-hybridized carbons (Fsp3) is 0.440. The molecule has 1 fully saturated rings. The lowest BCUT2D eigenvalue weighted by Gasteiger charge is -2.20. The maximum atomic E-state index is 6.41. The van der Waals surface area contributed by atoms with E-state index in [9.17, 15) is 0 Å². The molecule has 5 heterocycles. The van der Waals surface area contributed by atoms with E-state index in [2.05, 4.69) is 37.6 Å². The Hall–Kier alpha value is -2.81. The highest BCUT2D eigenvalue weighted by molar-refractivity contribution is 6.35. The van der Waals surface area contributed by atoms with Crippen LogP contribution >= 0.6 is 11.6 Å². The molecule has 34 heavy (non-hydrogen) atoms. The second-order valence-corrected chi connectivity index (χ2v) is 9.30. The Bertz CT molecular complexity index is 1300. The Kier molecular flexibility index (Phi) is 6.63. The summed E-state index contributed by atoms with van der Waals surface area (Å²) >= 11 is 6.41. The predicted molar refractivity (Wildman–Crippen MR) is 136 cm³/mol. The molecule has 4 aromatic rings. The van der Waals surface area contributed by atoms with E-state index in [1.807, 2.05) is 12.1 Å². The fourth-order valence-electron chi connectivity index (χ4n) is 4.77. The number of methoxy groups -OCH3 is 2. The minimum Gasteiger partial charge on any atom is -0.491 e. The van der Waals surface area contributed by atoms with Gasteiger partial charge in [-0.3, -0.25) is 0 Å². The SMILES string of the molecule is COc1cc2c(nc1OC)c(-c1cc3c(Cl)ccnc3[nH]1)cn2CCCN1CCCN(C)CC1. The van der Waals surface area contributed by atoms with E-state index in [1.165, 1.54) is 13.0 Å². The van der Waals surface area contributed by atoms with Crippen LogP contribution in [0.1, 0.15) is 12.8 Å². The summed E-state index contributed by atoms with van der Waals surface area (Å²) in [6, 6.07) is 5.85. The first-order chi connectivity index (χ1) is 16.6. The Morgan fingerprint density at radius 2 is 1.97 bits per heavy atom. The van der Waals surface area contributed by atoms with Crippen molar-refractivity contribution in [1.82, 2.24) is 29.3 Å². The Morgan fingerprint density at radius 1 is 1.09 bits per heavy atom. The van der Waals surface area contributed by atoms with Crippen LogP contribution < -0.4 is 9.47 Å². The van der Waals surface area contributed by atoms with Gasteiger partial charge in [-0.05, 0) is 51.7 Å². The van der Waals surface area contributed by atoms with E-state index in [0.29, 0.717) is 16.7 Å². The molecule has 5 rings (SSSR count). The van der Waals surface area contributed by atoms with Crippen molar-refractivity contribution < 1.29 is 9.47 Å². The molecule has 0 bridgehead atoms. The lowest BCUT2D eigenvalue weighted by molar-refractivity contribution is 0.269. The molecule has 0 aromatic carbocycles. The van der Waals surface area contributed by atoms with Gasteiger partial charge in [0.05, 0.1) is 30.5 Å². The number of hydrogen-bond acceptors (Lipinski definition) is 6. The van der Waals surface area contributed by atoms with E-state index in [-0.39, 0.29) is 0 Å². The van der Waals surface area contributed by atoms with Crippen molar-refractivity contribution in [1.29, 1.82) is 0 Å². The molecule has 0 unspecified atom stereocenters. The quantitative estimate of drug-likeness (QED) is 0.424. The standard InChI is InChI=1S/C25H31ClN6O2/c1-30-8-4-9-31(13-12-30)10-5-11-32-16-18(20-14-17-19(26)6-7-27-24(17)28-20)23-21(32)15-22(33-2)25(29-23)34-3/h6-7,14-16H,4-5,8-13H2,1-3H3,(H,27,28). The van der Waals surface area contributed by atoms with Crippen LogP contribution in [0.2, 0.25) is 5.02 Å². The number of halogens is 1. The number of H-pyrrole nitrogens is 1.